The predicted molar refractivity (Wildman–Crippen MR) is 45.2 cm³/mol. The van der Waals surface area contributed by atoms with Crippen LogP contribution in [-0.4, -0.2) is 23.3 Å². The second kappa shape index (κ2) is 4.35. The van der Waals surface area contributed by atoms with Crippen LogP contribution >= 0.6 is 0 Å². The van der Waals surface area contributed by atoms with Gasteiger partial charge in [-0.3, -0.25) is 9.78 Å². The Hall–Kier alpha value is -1.71. The van der Waals surface area contributed by atoms with Gasteiger partial charge < -0.3 is 4.74 Å². The first-order chi connectivity index (χ1) is 6.20. The van der Waals surface area contributed by atoms with Crippen LogP contribution in [0.15, 0.2) is 24.5 Å². The molecule has 4 heteroatoms. The van der Waals surface area contributed by atoms with Crippen molar-refractivity contribution < 1.29 is 14.3 Å². The molecule has 0 aliphatic heterocycles. The second-order valence-electron chi connectivity index (χ2n) is 2.51. The highest BCUT2D eigenvalue weighted by Gasteiger charge is 2.06. The van der Waals surface area contributed by atoms with Crippen LogP contribution in [-0.2, 0) is 9.53 Å². The molecule has 0 aliphatic rings. The van der Waals surface area contributed by atoms with E-state index in [9.17, 15) is 9.59 Å². The monoisotopic (exact) mass is 179 g/mol. The number of carbonyl (C=O) groups is 2. The lowest BCUT2D eigenvalue weighted by molar-refractivity contribution is -0.120. The van der Waals surface area contributed by atoms with Crippen molar-refractivity contribution in [2.75, 3.05) is 6.61 Å². The van der Waals surface area contributed by atoms with Gasteiger partial charge in [-0.1, -0.05) is 0 Å². The highest BCUT2D eigenvalue weighted by Crippen LogP contribution is 1.98. The molecule has 0 spiro atoms. The van der Waals surface area contributed by atoms with Crippen molar-refractivity contribution in [2.45, 2.75) is 6.92 Å². The van der Waals surface area contributed by atoms with Gasteiger partial charge in [0.1, 0.15) is 6.61 Å². The molecule has 1 aromatic rings. The molecule has 0 bridgehead atoms. The molecule has 0 fully saturated rings. The zero-order valence-corrected chi connectivity index (χ0v) is 7.19. The molecule has 0 amide bonds. The Bertz CT molecular complexity index is 308. The van der Waals surface area contributed by atoms with E-state index >= 15 is 0 Å². The summed E-state index contributed by atoms with van der Waals surface area (Å²) in [5.41, 5.74) is 0.399. The number of pyridine rings is 1. The summed E-state index contributed by atoms with van der Waals surface area (Å²) in [6.07, 6.45) is 2.98. The summed E-state index contributed by atoms with van der Waals surface area (Å²) in [5.74, 6) is -0.681. The number of ether oxygens (including phenoxy) is 1. The van der Waals surface area contributed by atoms with Crippen molar-refractivity contribution in [3.05, 3.63) is 30.1 Å². The summed E-state index contributed by atoms with van der Waals surface area (Å²) in [6.45, 7) is 1.18. The van der Waals surface area contributed by atoms with Gasteiger partial charge >= 0.3 is 5.97 Å². The Labute approximate surface area is 75.5 Å². The Morgan fingerprint density at radius 2 is 2.00 bits per heavy atom. The number of nitrogens with zero attached hydrogens (tertiary/aromatic N) is 1. The summed E-state index contributed by atoms with van der Waals surface area (Å²) < 4.78 is 4.67. The molecule has 0 saturated heterocycles. The number of aromatic nitrogens is 1. The quantitative estimate of drug-likeness (QED) is 0.645. The van der Waals surface area contributed by atoms with E-state index in [4.69, 9.17) is 0 Å². The number of ketones is 1. The molecule has 0 atom stereocenters. The smallest absolute Gasteiger partial charge is 0.338 e. The molecular weight excluding hydrogens is 170 g/mol. The molecule has 0 aromatic carbocycles. The van der Waals surface area contributed by atoms with Gasteiger partial charge in [-0.05, 0) is 19.1 Å². The zero-order chi connectivity index (χ0) is 9.68. The van der Waals surface area contributed by atoms with E-state index in [1.165, 1.54) is 31.5 Å². The molecule has 1 heterocycles. The molecular formula is C9H9NO3. The van der Waals surface area contributed by atoms with Gasteiger partial charge in [0.25, 0.3) is 0 Å². The van der Waals surface area contributed by atoms with Crippen molar-refractivity contribution in [1.82, 2.24) is 4.98 Å². The van der Waals surface area contributed by atoms with E-state index in [2.05, 4.69) is 9.72 Å². The highest BCUT2D eigenvalue weighted by atomic mass is 16.5. The fourth-order valence-corrected chi connectivity index (χ4v) is 0.739. The summed E-state index contributed by atoms with van der Waals surface area (Å²) in [5, 5.41) is 0. The van der Waals surface area contributed by atoms with Crippen LogP contribution in [0.25, 0.3) is 0 Å². The Balaban J connectivity index is 2.54. The third-order valence-electron chi connectivity index (χ3n) is 1.32. The van der Waals surface area contributed by atoms with Crippen LogP contribution < -0.4 is 0 Å². The molecule has 0 aliphatic carbocycles. The third-order valence-corrected chi connectivity index (χ3v) is 1.32. The van der Waals surface area contributed by atoms with Crippen molar-refractivity contribution >= 4 is 11.8 Å². The molecule has 0 unspecified atom stereocenters. The molecule has 68 valence electrons. The molecule has 4 nitrogen and oxygen atoms in total. The minimum Gasteiger partial charge on any atom is -0.454 e. The fourth-order valence-electron chi connectivity index (χ4n) is 0.739. The molecule has 1 aromatic heterocycles. The Kier molecular flexibility index (Phi) is 3.14. The van der Waals surface area contributed by atoms with E-state index in [1.807, 2.05) is 0 Å². The summed E-state index contributed by atoms with van der Waals surface area (Å²) in [7, 11) is 0. The lowest BCUT2D eigenvalue weighted by atomic mass is 10.3. The number of esters is 1. The van der Waals surface area contributed by atoms with Crippen LogP contribution in [0, 0.1) is 0 Å². The summed E-state index contributed by atoms with van der Waals surface area (Å²) >= 11 is 0. The number of rotatable bonds is 3. The van der Waals surface area contributed by atoms with Gasteiger partial charge in [-0.15, -0.1) is 0 Å². The van der Waals surface area contributed by atoms with Gasteiger partial charge in [0.15, 0.2) is 5.78 Å². The van der Waals surface area contributed by atoms with E-state index in [0.717, 1.165) is 0 Å². The first-order valence-corrected chi connectivity index (χ1v) is 3.77. The first-order valence-electron chi connectivity index (χ1n) is 3.77. The first kappa shape index (κ1) is 9.38. The predicted octanol–water partition coefficient (Wildman–Crippen LogP) is 0.827. The van der Waals surface area contributed by atoms with Gasteiger partial charge in [0, 0.05) is 12.4 Å². The standard InChI is InChI=1S/C9H9NO3/c1-7(11)6-13-9(12)8-2-4-10-5-3-8/h2-5H,6H2,1H3. The van der Waals surface area contributed by atoms with Crippen LogP contribution in [0.2, 0.25) is 0 Å². The van der Waals surface area contributed by atoms with E-state index < -0.39 is 5.97 Å². The molecule has 0 radical (unpaired) electrons. The molecule has 1 rings (SSSR count). The largest absolute Gasteiger partial charge is 0.454 e. The van der Waals surface area contributed by atoms with Crippen molar-refractivity contribution in [1.29, 1.82) is 0 Å². The van der Waals surface area contributed by atoms with Gasteiger partial charge in [0.2, 0.25) is 0 Å². The molecule has 0 N–H and O–H groups in total. The Morgan fingerprint density at radius 1 is 1.38 bits per heavy atom. The van der Waals surface area contributed by atoms with Gasteiger partial charge in [0.05, 0.1) is 5.56 Å². The van der Waals surface area contributed by atoms with Crippen molar-refractivity contribution in [2.24, 2.45) is 0 Å². The van der Waals surface area contributed by atoms with Crippen LogP contribution in [0.4, 0.5) is 0 Å². The highest BCUT2D eigenvalue weighted by molar-refractivity contribution is 5.91. The van der Waals surface area contributed by atoms with Crippen molar-refractivity contribution in [3.63, 3.8) is 0 Å². The number of carbonyl (C=O) groups excluding carboxylic acids is 2. The minimum atomic E-state index is -0.502. The SMILES string of the molecule is CC(=O)COC(=O)c1ccncc1. The molecule has 0 saturated carbocycles. The van der Waals surface area contributed by atoms with Crippen LogP contribution in [0.3, 0.4) is 0 Å². The minimum absolute atomic E-state index is 0.178. The lowest BCUT2D eigenvalue weighted by Gasteiger charge is -2.00. The lowest BCUT2D eigenvalue weighted by Crippen LogP contribution is -2.11. The Morgan fingerprint density at radius 3 is 2.54 bits per heavy atom. The van der Waals surface area contributed by atoms with Crippen LogP contribution in [0.5, 0.6) is 0 Å². The third kappa shape index (κ3) is 3.02. The normalized spacial score (nSPS) is 9.31. The van der Waals surface area contributed by atoms with E-state index in [0.29, 0.717) is 5.56 Å². The van der Waals surface area contributed by atoms with Crippen LogP contribution in [0.1, 0.15) is 17.3 Å². The average molecular weight is 179 g/mol. The number of Topliss-reactive ketones (excluding diaryl/α,β-unsaturated/α-hetero) is 1. The number of hydrogen-bond acceptors (Lipinski definition) is 4. The van der Waals surface area contributed by atoms with Crippen molar-refractivity contribution in [3.8, 4) is 0 Å². The van der Waals surface area contributed by atoms with E-state index in [-0.39, 0.29) is 12.4 Å². The fraction of sp³-hybridized carbons (Fsp3) is 0.222. The van der Waals surface area contributed by atoms with Gasteiger partial charge in [-0.25, -0.2) is 4.79 Å². The second-order valence-corrected chi connectivity index (χ2v) is 2.51. The maximum atomic E-state index is 11.1. The topological polar surface area (TPSA) is 56.3 Å². The van der Waals surface area contributed by atoms with E-state index in [1.54, 1.807) is 0 Å². The summed E-state index contributed by atoms with van der Waals surface area (Å²) in [6, 6.07) is 3.06. The summed E-state index contributed by atoms with van der Waals surface area (Å²) in [4.78, 5) is 25.4. The maximum Gasteiger partial charge on any atom is 0.338 e. The molecule has 13 heavy (non-hydrogen) atoms. The van der Waals surface area contributed by atoms with Gasteiger partial charge in [-0.2, -0.15) is 0 Å². The zero-order valence-electron chi connectivity index (χ0n) is 7.19. The average Bonchev–Trinajstić information content (AvgIpc) is 2.15. The maximum absolute atomic E-state index is 11.1. The number of hydrogen-bond donors (Lipinski definition) is 0.